The van der Waals surface area contributed by atoms with Gasteiger partial charge >= 0.3 is 0 Å². The maximum absolute atomic E-state index is 6.74. The molecule has 23 heavy (non-hydrogen) atoms. The van der Waals surface area contributed by atoms with Crippen molar-refractivity contribution in [3.05, 3.63) is 59.7 Å². The van der Waals surface area contributed by atoms with Crippen LogP contribution in [0.15, 0.2) is 48.5 Å². The molecule has 1 saturated carbocycles. The van der Waals surface area contributed by atoms with Crippen molar-refractivity contribution in [1.82, 2.24) is 0 Å². The molecule has 2 aromatic carbocycles. The highest BCUT2D eigenvalue weighted by Crippen LogP contribution is 2.43. The molecule has 0 aromatic heterocycles. The first kappa shape index (κ1) is 15.9. The molecule has 0 heterocycles. The molecule has 1 fully saturated rings. The smallest absolute Gasteiger partial charge is 0.166 e. The van der Waals surface area contributed by atoms with Crippen molar-refractivity contribution in [2.75, 3.05) is 7.11 Å². The molecule has 0 unspecified atom stereocenters. The molecule has 2 aromatic rings. The SMILES string of the molecule is COc1cccc(C2(N)CCCCC2)c1OCc1ccccc1. The van der Waals surface area contributed by atoms with Crippen LogP contribution in [-0.4, -0.2) is 7.11 Å². The van der Waals surface area contributed by atoms with E-state index in [1.807, 2.05) is 30.3 Å². The minimum atomic E-state index is -0.307. The van der Waals surface area contributed by atoms with E-state index in [-0.39, 0.29) is 5.54 Å². The monoisotopic (exact) mass is 311 g/mol. The van der Waals surface area contributed by atoms with Crippen LogP contribution in [0.2, 0.25) is 0 Å². The zero-order valence-corrected chi connectivity index (χ0v) is 13.8. The predicted molar refractivity (Wildman–Crippen MR) is 92.7 cm³/mol. The van der Waals surface area contributed by atoms with E-state index in [9.17, 15) is 0 Å². The van der Waals surface area contributed by atoms with Crippen LogP contribution >= 0.6 is 0 Å². The van der Waals surface area contributed by atoms with Crippen LogP contribution < -0.4 is 15.2 Å². The average Bonchev–Trinajstić information content (AvgIpc) is 2.61. The fourth-order valence-electron chi connectivity index (χ4n) is 3.40. The molecule has 1 aliphatic carbocycles. The minimum Gasteiger partial charge on any atom is -0.493 e. The van der Waals surface area contributed by atoms with Crippen LogP contribution in [0, 0.1) is 0 Å². The zero-order valence-electron chi connectivity index (χ0n) is 13.8. The van der Waals surface area contributed by atoms with E-state index < -0.39 is 0 Å². The Bertz CT molecular complexity index is 633. The molecule has 3 rings (SSSR count). The summed E-state index contributed by atoms with van der Waals surface area (Å²) >= 11 is 0. The number of para-hydroxylation sites is 1. The highest BCUT2D eigenvalue weighted by Gasteiger charge is 2.33. The lowest BCUT2D eigenvalue weighted by molar-refractivity contribution is 0.252. The molecule has 0 atom stereocenters. The average molecular weight is 311 g/mol. The van der Waals surface area contributed by atoms with Crippen molar-refractivity contribution in [2.24, 2.45) is 5.73 Å². The second-order valence-corrected chi connectivity index (χ2v) is 6.33. The number of hydrogen-bond acceptors (Lipinski definition) is 3. The normalized spacial score (nSPS) is 16.8. The van der Waals surface area contributed by atoms with Gasteiger partial charge in [-0.3, -0.25) is 0 Å². The Labute approximate surface area is 138 Å². The molecule has 0 amide bonds. The number of benzene rings is 2. The molecular formula is C20H25NO2. The van der Waals surface area contributed by atoms with Gasteiger partial charge in [0, 0.05) is 11.1 Å². The third-order valence-corrected chi connectivity index (χ3v) is 4.71. The number of ether oxygens (including phenoxy) is 2. The van der Waals surface area contributed by atoms with Crippen LogP contribution in [0.4, 0.5) is 0 Å². The molecule has 0 saturated heterocycles. The second kappa shape index (κ2) is 7.05. The van der Waals surface area contributed by atoms with Gasteiger partial charge in [-0.25, -0.2) is 0 Å². The largest absolute Gasteiger partial charge is 0.493 e. The van der Waals surface area contributed by atoms with Crippen LogP contribution in [0.25, 0.3) is 0 Å². The lowest BCUT2D eigenvalue weighted by atomic mass is 9.77. The first-order chi connectivity index (χ1) is 11.2. The van der Waals surface area contributed by atoms with Gasteiger partial charge in [-0.05, 0) is 24.5 Å². The van der Waals surface area contributed by atoms with E-state index in [4.69, 9.17) is 15.2 Å². The first-order valence-electron chi connectivity index (χ1n) is 8.36. The van der Waals surface area contributed by atoms with Crippen LogP contribution in [-0.2, 0) is 12.1 Å². The molecule has 2 N–H and O–H groups in total. The standard InChI is InChI=1S/C20H25NO2/c1-22-18-12-8-11-17(20(21)13-6-3-7-14-20)19(18)23-15-16-9-4-2-5-10-16/h2,4-5,8-12H,3,6-7,13-15,21H2,1H3. The Kier molecular flexibility index (Phi) is 4.87. The maximum Gasteiger partial charge on any atom is 0.166 e. The van der Waals surface area contributed by atoms with Crippen molar-refractivity contribution >= 4 is 0 Å². The Morgan fingerprint density at radius 3 is 2.39 bits per heavy atom. The van der Waals surface area contributed by atoms with Crippen molar-refractivity contribution in [3.8, 4) is 11.5 Å². The summed E-state index contributed by atoms with van der Waals surface area (Å²) in [6.07, 6.45) is 5.62. The van der Waals surface area contributed by atoms with Crippen molar-refractivity contribution in [1.29, 1.82) is 0 Å². The number of rotatable bonds is 5. The summed E-state index contributed by atoms with van der Waals surface area (Å²) in [6.45, 7) is 0.518. The zero-order chi connectivity index (χ0) is 16.1. The summed E-state index contributed by atoms with van der Waals surface area (Å²) in [7, 11) is 1.68. The summed E-state index contributed by atoms with van der Waals surface area (Å²) < 4.78 is 11.7. The molecule has 0 radical (unpaired) electrons. The molecule has 0 spiro atoms. The molecule has 122 valence electrons. The molecule has 0 bridgehead atoms. The lowest BCUT2D eigenvalue weighted by Gasteiger charge is -2.35. The van der Waals surface area contributed by atoms with Crippen molar-refractivity contribution in [2.45, 2.75) is 44.2 Å². The number of nitrogens with two attached hydrogens (primary N) is 1. The first-order valence-corrected chi connectivity index (χ1v) is 8.36. The van der Waals surface area contributed by atoms with Gasteiger partial charge in [0.2, 0.25) is 0 Å². The summed E-state index contributed by atoms with van der Waals surface area (Å²) in [4.78, 5) is 0. The van der Waals surface area contributed by atoms with E-state index >= 15 is 0 Å². The van der Waals surface area contributed by atoms with Crippen molar-refractivity contribution < 1.29 is 9.47 Å². The summed E-state index contributed by atoms with van der Waals surface area (Å²) in [5.41, 5.74) is 8.65. The third-order valence-electron chi connectivity index (χ3n) is 4.71. The van der Waals surface area contributed by atoms with Crippen LogP contribution in [0.1, 0.15) is 43.2 Å². The van der Waals surface area contributed by atoms with Gasteiger partial charge in [-0.1, -0.05) is 61.7 Å². The molecule has 3 heteroatoms. The Morgan fingerprint density at radius 1 is 0.957 bits per heavy atom. The van der Waals surface area contributed by atoms with Gasteiger partial charge in [0.05, 0.1) is 7.11 Å². The van der Waals surface area contributed by atoms with E-state index in [1.54, 1.807) is 7.11 Å². The van der Waals surface area contributed by atoms with E-state index in [1.165, 1.54) is 19.3 Å². The van der Waals surface area contributed by atoms with Gasteiger partial charge in [-0.15, -0.1) is 0 Å². The Balaban J connectivity index is 1.90. The summed E-state index contributed by atoms with van der Waals surface area (Å²) in [5.74, 6) is 1.55. The van der Waals surface area contributed by atoms with Gasteiger partial charge in [-0.2, -0.15) is 0 Å². The van der Waals surface area contributed by atoms with E-state index in [2.05, 4.69) is 18.2 Å². The quantitative estimate of drug-likeness (QED) is 0.890. The molecule has 0 aliphatic heterocycles. The third kappa shape index (κ3) is 3.50. The summed E-state index contributed by atoms with van der Waals surface area (Å²) in [5, 5.41) is 0. The second-order valence-electron chi connectivity index (χ2n) is 6.33. The highest BCUT2D eigenvalue weighted by atomic mass is 16.5. The Morgan fingerprint density at radius 2 is 1.70 bits per heavy atom. The van der Waals surface area contributed by atoms with Crippen molar-refractivity contribution in [3.63, 3.8) is 0 Å². The fourth-order valence-corrected chi connectivity index (χ4v) is 3.40. The summed E-state index contributed by atoms with van der Waals surface area (Å²) in [6, 6.07) is 16.2. The minimum absolute atomic E-state index is 0.307. The highest BCUT2D eigenvalue weighted by molar-refractivity contribution is 5.50. The number of hydrogen-bond donors (Lipinski definition) is 1. The topological polar surface area (TPSA) is 44.5 Å². The molecule has 1 aliphatic rings. The molecular weight excluding hydrogens is 286 g/mol. The number of methoxy groups -OCH3 is 1. The maximum atomic E-state index is 6.74. The molecule has 3 nitrogen and oxygen atoms in total. The van der Waals surface area contributed by atoms with Crippen LogP contribution in [0.3, 0.4) is 0 Å². The van der Waals surface area contributed by atoms with E-state index in [0.29, 0.717) is 6.61 Å². The lowest BCUT2D eigenvalue weighted by Crippen LogP contribution is -2.39. The van der Waals surface area contributed by atoms with Gasteiger partial charge in [0.1, 0.15) is 6.61 Å². The van der Waals surface area contributed by atoms with Gasteiger partial charge < -0.3 is 15.2 Å². The van der Waals surface area contributed by atoms with Gasteiger partial charge in [0.15, 0.2) is 11.5 Å². The van der Waals surface area contributed by atoms with Gasteiger partial charge in [0.25, 0.3) is 0 Å². The van der Waals surface area contributed by atoms with Crippen LogP contribution in [0.5, 0.6) is 11.5 Å². The fraction of sp³-hybridized carbons (Fsp3) is 0.400. The van der Waals surface area contributed by atoms with E-state index in [0.717, 1.165) is 35.5 Å². The predicted octanol–water partition coefficient (Wildman–Crippen LogP) is 4.39. The Hall–Kier alpha value is -2.00.